The summed E-state index contributed by atoms with van der Waals surface area (Å²) in [7, 11) is 1.44. The van der Waals surface area contributed by atoms with Gasteiger partial charge in [-0.2, -0.15) is 0 Å². The first kappa shape index (κ1) is 19.0. The first-order valence-electron chi connectivity index (χ1n) is 8.16. The second kappa shape index (κ2) is 8.71. The smallest absolute Gasteiger partial charge is 0.340 e. The van der Waals surface area contributed by atoms with Crippen molar-refractivity contribution in [2.75, 3.05) is 12.4 Å². The molecule has 1 N–H and O–H groups in total. The first-order chi connectivity index (χ1) is 13.6. The third kappa shape index (κ3) is 4.67. The number of nitrogens with one attached hydrogen (secondary N) is 1. The molecule has 144 valence electrons. The van der Waals surface area contributed by atoms with Gasteiger partial charge in [0.1, 0.15) is 31.0 Å². The number of hydrogen-bond donors (Lipinski definition) is 1. The summed E-state index contributed by atoms with van der Waals surface area (Å²) >= 11 is 0. The Labute approximate surface area is 159 Å². The number of methoxy groups -OCH3 is 1. The predicted octanol–water partition coefficient (Wildman–Crippen LogP) is 1.82. The van der Waals surface area contributed by atoms with Crippen LogP contribution >= 0.6 is 0 Å². The molecule has 28 heavy (non-hydrogen) atoms. The average molecular weight is 385 g/mol. The molecule has 0 radical (unpaired) electrons. The Balaban J connectivity index is 1.69. The molecule has 0 saturated carbocycles. The molecule has 0 spiro atoms. The highest BCUT2D eigenvalue weighted by molar-refractivity contribution is 6.01. The van der Waals surface area contributed by atoms with Gasteiger partial charge in [-0.25, -0.2) is 13.9 Å². The molecule has 2 aromatic carbocycles. The van der Waals surface area contributed by atoms with E-state index in [1.165, 1.54) is 42.4 Å². The zero-order valence-corrected chi connectivity index (χ0v) is 14.8. The van der Waals surface area contributed by atoms with Crippen molar-refractivity contribution in [2.45, 2.75) is 13.2 Å². The molecule has 0 saturated heterocycles. The standard InChI is InChI=1S/C18H16FN5O4/c1-27-16-7-6-13(19)8-12(16)10-28-18(26)14-4-2-3-5-15(14)21-17(25)9-24-11-20-22-23-24/h2-8,11H,9-10H2,1H3,(H,21,25). The SMILES string of the molecule is COc1ccc(F)cc1COC(=O)c1ccccc1NC(=O)Cn1cnnn1. The molecular formula is C18H16FN5O4. The predicted molar refractivity (Wildman–Crippen MR) is 95.0 cm³/mol. The first-order valence-corrected chi connectivity index (χ1v) is 8.16. The van der Waals surface area contributed by atoms with Crippen LogP contribution < -0.4 is 10.1 Å². The minimum Gasteiger partial charge on any atom is -0.496 e. The van der Waals surface area contributed by atoms with Crippen molar-refractivity contribution in [3.05, 3.63) is 65.7 Å². The lowest BCUT2D eigenvalue weighted by Gasteiger charge is -2.12. The Morgan fingerprint density at radius 3 is 2.79 bits per heavy atom. The number of hydrogen-bond acceptors (Lipinski definition) is 7. The van der Waals surface area contributed by atoms with Gasteiger partial charge in [0.25, 0.3) is 0 Å². The van der Waals surface area contributed by atoms with Crippen molar-refractivity contribution < 1.29 is 23.5 Å². The molecule has 10 heteroatoms. The van der Waals surface area contributed by atoms with Gasteiger partial charge in [0.2, 0.25) is 5.91 Å². The van der Waals surface area contributed by atoms with Gasteiger partial charge in [-0.1, -0.05) is 12.1 Å². The lowest BCUT2D eigenvalue weighted by molar-refractivity contribution is -0.116. The van der Waals surface area contributed by atoms with E-state index in [1.54, 1.807) is 18.2 Å². The molecule has 3 aromatic rings. The van der Waals surface area contributed by atoms with Gasteiger partial charge in [0, 0.05) is 5.56 Å². The Morgan fingerprint density at radius 2 is 2.04 bits per heavy atom. The highest BCUT2D eigenvalue weighted by atomic mass is 19.1. The maximum atomic E-state index is 13.4. The number of aromatic nitrogens is 4. The Morgan fingerprint density at radius 1 is 1.21 bits per heavy atom. The van der Waals surface area contributed by atoms with Crippen LogP contribution in [0, 0.1) is 5.82 Å². The zero-order valence-electron chi connectivity index (χ0n) is 14.8. The maximum Gasteiger partial charge on any atom is 0.340 e. The van der Waals surface area contributed by atoms with Gasteiger partial charge in [0.05, 0.1) is 18.4 Å². The van der Waals surface area contributed by atoms with Gasteiger partial charge in [-0.05, 0) is 40.8 Å². The lowest BCUT2D eigenvalue weighted by Crippen LogP contribution is -2.21. The molecule has 1 heterocycles. The summed E-state index contributed by atoms with van der Waals surface area (Å²) in [5.74, 6) is -1.16. The molecule has 1 amide bonds. The summed E-state index contributed by atoms with van der Waals surface area (Å²) in [6.45, 7) is -0.302. The summed E-state index contributed by atoms with van der Waals surface area (Å²) in [4.78, 5) is 24.6. The van der Waals surface area contributed by atoms with Crippen LogP contribution in [-0.4, -0.2) is 39.2 Å². The summed E-state index contributed by atoms with van der Waals surface area (Å²) in [6, 6.07) is 10.3. The second-order valence-corrected chi connectivity index (χ2v) is 5.63. The van der Waals surface area contributed by atoms with Gasteiger partial charge >= 0.3 is 5.97 Å². The van der Waals surface area contributed by atoms with Crippen LogP contribution in [0.2, 0.25) is 0 Å². The van der Waals surface area contributed by atoms with Crippen molar-refractivity contribution in [3.63, 3.8) is 0 Å². The molecule has 0 aliphatic heterocycles. The molecule has 0 bridgehead atoms. The van der Waals surface area contributed by atoms with Crippen molar-refractivity contribution in [1.82, 2.24) is 20.2 Å². The molecule has 0 atom stereocenters. The third-order valence-corrected chi connectivity index (χ3v) is 3.72. The highest BCUT2D eigenvalue weighted by Crippen LogP contribution is 2.22. The molecule has 3 rings (SSSR count). The maximum absolute atomic E-state index is 13.4. The monoisotopic (exact) mass is 385 g/mol. The fraction of sp³-hybridized carbons (Fsp3) is 0.167. The van der Waals surface area contributed by atoms with Crippen LogP contribution in [0.3, 0.4) is 0 Å². The largest absolute Gasteiger partial charge is 0.496 e. The van der Waals surface area contributed by atoms with Crippen molar-refractivity contribution in [3.8, 4) is 5.75 Å². The van der Waals surface area contributed by atoms with E-state index < -0.39 is 17.7 Å². The third-order valence-electron chi connectivity index (χ3n) is 3.72. The molecular weight excluding hydrogens is 369 g/mol. The number of amides is 1. The van der Waals surface area contributed by atoms with Gasteiger partial charge in [0.15, 0.2) is 0 Å². The van der Waals surface area contributed by atoms with E-state index in [1.807, 2.05) is 0 Å². The fourth-order valence-electron chi connectivity index (χ4n) is 2.44. The molecule has 0 fully saturated rings. The normalized spacial score (nSPS) is 10.4. The topological polar surface area (TPSA) is 108 Å². The zero-order chi connectivity index (χ0) is 19.9. The molecule has 0 unspecified atom stereocenters. The number of carbonyl (C=O) groups is 2. The minimum absolute atomic E-state index is 0.114. The number of nitrogens with zero attached hydrogens (tertiary/aromatic N) is 4. The van der Waals surface area contributed by atoms with E-state index in [4.69, 9.17) is 9.47 Å². The van der Waals surface area contributed by atoms with Gasteiger partial charge < -0.3 is 14.8 Å². The number of anilines is 1. The van der Waals surface area contributed by atoms with Crippen LogP contribution in [0.25, 0.3) is 0 Å². The summed E-state index contributed by atoms with van der Waals surface area (Å²) in [5.41, 5.74) is 0.816. The number of halogens is 1. The number of esters is 1. The van der Waals surface area contributed by atoms with E-state index in [9.17, 15) is 14.0 Å². The van der Waals surface area contributed by atoms with Crippen LogP contribution in [0.4, 0.5) is 10.1 Å². The van der Waals surface area contributed by atoms with E-state index in [0.717, 1.165) is 0 Å². The van der Waals surface area contributed by atoms with Crippen molar-refractivity contribution in [2.24, 2.45) is 0 Å². The fourth-order valence-corrected chi connectivity index (χ4v) is 2.44. The Kier molecular flexibility index (Phi) is 5.90. The summed E-state index contributed by atoms with van der Waals surface area (Å²) in [6.07, 6.45) is 1.30. The highest BCUT2D eigenvalue weighted by Gasteiger charge is 2.16. The summed E-state index contributed by atoms with van der Waals surface area (Å²) in [5, 5.41) is 13.1. The van der Waals surface area contributed by atoms with E-state index in [0.29, 0.717) is 11.3 Å². The molecule has 0 aliphatic rings. The van der Waals surface area contributed by atoms with E-state index in [-0.39, 0.29) is 24.4 Å². The van der Waals surface area contributed by atoms with Gasteiger partial charge in [-0.3, -0.25) is 4.79 Å². The van der Waals surface area contributed by atoms with Crippen molar-refractivity contribution >= 4 is 17.6 Å². The average Bonchev–Trinajstić information content (AvgIpc) is 3.19. The minimum atomic E-state index is -0.676. The van der Waals surface area contributed by atoms with Crippen LogP contribution in [-0.2, 0) is 22.7 Å². The van der Waals surface area contributed by atoms with Crippen LogP contribution in [0.1, 0.15) is 15.9 Å². The number of para-hydroxylation sites is 1. The van der Waals surface area contributed by atoms with E-state index >= 15 is 0 Å². The number of ether oxygens (including phenoxy) is 2. The number of tetrazole rings is 1. The number of rotatable bonds is 7. The molecule has 9 nitrogen and oxygen atoms in total. The Hall–Kier alpha value is -3.82. The second-order valence-electron chi connectivity index (χ2n) is 5.63. The summed E-state index contributed by atoms with van der Waals surface area (Å²) < 4.78 is 25.1. The lowest BCUT2D eigenvalue weighted by atomic mass is 10.1. The quantitative estimate of drug-likeness (QED) is 0.618. The Bertz CT molecular complexity index is 978. The molecule has 0 aliphatic carbocycles. The molecule has 1 aromatic heterocycles. The van der Waals surface area contributed by atoms with Crippen LogP contribution in [0.15, 0.2) is 48.8 Å². The van der Waals surface area contributed by atoms with Crippen LogP contribution in [0.5, 0.6) is 5.75 Å². The van der Waals surface area contributed by atoms with E-state index in [2.05, 4.69) is 20.8 Å². The van der Waals surface area contributed by atoms with Gasteiger partial charge in [-0.15, -0.1) is 5.10 Å². The number of benzene rings is 2. The number of carbonyl (C=O) groups excluding carboxylic acids is 2. The van der Waals surface area contributed by atoms with Crippen molar-refractivity contribution in [1.29, 1.82) is 0 Å².